The number of nitrogens with one attached hydrogen (secondary N) is 2. The van der Waals surface area contributed by atoms with Crippen LogP contribution in [0, 0.1) is 5.92 Å². The average molecular weight is 470 g/mol. The first-order valence-electron chi connectivity index (χ1n) is 8.78. The summed E-state index contributed by atoms with van der Waals surface area (Å²) in [5.41, 5.74) is -0.464. The lowest BCUT2D eigenvalue weighted by molar-refractivity contribution is 0.0527. The van der Waals surface area contributed by atoms with Gasteiger partial charge in [-0.2, -0.15) is 0 Å². The van der Waals surface area contributed by atoms with E-state index in [1.165, 1.54) is 12.8 Å². The van der Waals surface area contributed by atoms with Crippen LogP contribution in [0.15, 0.2) is 4.99 Å². The van der Waals surface area contributed by atoms with Crippen LogP contribution >= 0.6 is 24.0 Å². The van der Waals surface area contributed by atoms with Crippen LogP contribution in [0.2, 0.25) is 0 Å². The highest BCUT2D eigenvalue weighted by molar-refractivity contribution is 14.0. The molecule has 0 atom stereocenters. The van der Waals surface area contributed by atoms with Gasteiger partial charge in [-0.1, -0.05) is 0 Å². The van der Waals surface area contributed by atoms with Gasteiger partial charge in [-0.05, 0) is 46.0 Å². The number of amides is 1. The Morgan fingerprint density at radius 3 is 2.44 bits per heavy atom. The molecule has 0 spiro atoms. The highest BCUT2D eigenvalue weighted by Gasteiger charge is 2.21. The standard InChI is InChI=1S/C17H34N4O3.HI/c1-17(2,3)24-16(22)20-10-6-9-19-15(18-4)21(5)11-12-23-13-14-7-8-14;/h14H,6-13H2,1-5H3,(H,18,19)(H,20,22);1H. The summed E-state index contributed by atoms with van der Waals surface area (Å²) in [4.78, 5) is 17.8. The number of nitrogens with zero attached hydrogens (tertiary/aromatic N) is 2. The Kier molecular flexibility index (Phi) is 12.2. The van der Waals surface area contributed by atoms with E-state index in [1.54, 1.807) is 7.05 Å². The van der Waals surface area contributed by atoms with E-state index in [9.17, 15) is 4.79 Å². The number of alkyl carbamates (subject to hydrolysis) is 1. The van der Waals surface area contributed by atoms with Crippen molar-refractivity contribution in [1.29, 1.82) is 0 Å². The first-order valence-corrected chi connectivity index (χ1v) is 8.78. The van der Waals surface area contributed by atoms with Gasteiger partial charge in [0, 0.05) is 40.3 Å². The summed E-state index contributed by atoms with van der Waals surface area (Å²) in [7, 11) is 3.76. The van der Waals surface area contributed by atoms with Crippen molar-refractivity contribution in [3.05, 3.63) is 0 Å². The predicted molar refractivity (Wildman–Crippen MR) is 112 cm³/mol. The lowest BCUT2D eigenvalue weighted by atomic mass is 10.2. The van der Waals surface area contributed by atoms with E-state index in [0.717, 1.165) is 38.0 Å². The fourth-order valence-electron chi connectivity index (χ4n) is 2.02. The monoisotopic (exact) mass is 470 g/mol. The molecule has 0 aromatic heterocycles. The third-order valence-electron chi connectivity index (χ3n) is 3.50. The highest BCUT2D eigenvalue weighted by Crippen LogP contribution is 2.28. The van der Waals surface area contributed by atoms with E-state index in [4.69, 9.17) is 9.47 Å². The molecule has 7 nitrogen and oxygen atoms in total. The molecular formula is C17H35IN4O3. The third-order valence-corrected chi connectivity index (χ3v) is 3.50. The van der Waals surface area contributed by atoms with Gasteiger partial charge >= 0.3 is 6.09 Å². The predicted octanol–water partition coefficient (Wildman–Crippen LogP) is 2.45. The number of ether oxygens (including phenoxy) is 2. The molecule has 1 aliphatic carbocycles. The van der Waals surface area contributed by atoms with Crippen LogP contribution in [0.4, 0.5) is 4.79 Å². The Bertz CT molecular complexity index is 409. The molecule has 2 N–H and O–H groups in total. The van der Waals surface area contributed by atoms with E-state index in [1.807, 2.05) is 32.7 Å². The number of carbonyl (C=O) groups is 1. The van der Waals surface area contributed by atoms with Gasteiger partial charge in [-0.3, -0.25) is 4.99 Å². The fraction of sp³-hybridized carbons (Fsp3) is 0.882. The Hall–Kier alpha value is -0.770. The molecular weight excluding hydrogens is 435 g/mol. The van der Waals surface area contributed by atoms with Gasteiger partial charge in [-0.15, -0.1) is 24.0 Å². The summed E-state index contributed by atoms with van der Waals surface area (Å²) in [5.74, 6) is 1.63. The van der Waals surface area contributed by atoms with Crippen LogP contribution in [-0.2, 0) is 9.47 Å². The molecule has 25 heavy (non-hydrogen) atoms. The van der Waals surface area contributed by atoms with Crippen molar-refractivity contribution in [3.63, 3.8) is 0 Å². The zero-order valence-corrected chi connectivity index (χ0v) is 18.6. The smallest absolute Gasteiger partial charge is 0.407 e. The zero-order valence-electron chi connectivity index (χ0n) is 16.3. The second kappa shape index (κ2) is 12.6. The maximum Gasteiger partial charge on any atom is 0.407 e. The van der Waals surface area contributed by atoms with Gasteiger partial charge in [0.25, 0.3) is 0 Å². The number of carbonyl (C=O) groups excluding carboxylic acids is 1. The van der Waals surface area contributed by atoms with Crippen molar-refractivity contribution in [3.8, 4) is 0 Å². The normalized spacial score (nSPS) is 14.5. The molecule has 1 rings (SSSR count). The maximum absolute atomic E-state index is 11.5. The number of aliphatic imine (C=N–C) groups is 1. The molecule has 8 heteroatoms. The van der Waals surface area contributed by atoms with E-state index in [-0.39, 0.29) is 30.1 Å². The molecule has 0 aromatic carbocycles. The molecule has 0 heterocycles. The minimum absolute atomic E-state index is 0. The van der Waals surface area contributed by atoms with Crippen molar-refractivity contribution in [1.82, 2.24) is 15.5 Å². The lowest BCUT2D eigenvalue weighted by Gasteiger charge is -2.22. The Labute approximate surface area is 169 Å². The Morgan fingerprint density at radius 1 is 1.24 bits per heavy atom. The van der Waals surface area contributed by atoms with Gasteiger partial charge in [0.2, 0.25) is 0 Å². The molecule has 0 aliphatic heterocycles. The van der Waals surface area contributed by atoms with Gasteiger partial charge in [0.05, 0.1) is 6.61 Å². The second-order valence-corrected chi connectivity index (χ2v) is 7.20. The highest BCUT2D eigenvalue weighted by atomic mass is 127. The van der Waals surface area contributed by atoms with Crippen LogP contribution in [0.5, 0.6) is 0 Å². The van der Waals surface area contributed by atoms with Crippen molar-refractivity contribution in [2.45, 2.75) is 45.6 Å². The van der Waals surface area contributed by atoms with Crippen LogP contribution in [0.3, 0.4) is 0 Å². The number of halogens is 1. The third kappa shape index (κ3) is 13.1. The van der Waals surface area contributed by atoms with E-state index >= 15 is 0 Å². The van der Waals surface area contributed by atoms with Crippen molar-refractivity contribution >= 4 is 36.0 Å². The Balaban J connectivity index is 0.00000576. The van der Waals surface area contributed by atoms with Gasteiger partial charge in [0.15, 0.2) is 5.96 Å². The molecule has 0 unspecified atom stereocenters. The summed E-state index contributed by atoms with van der Waals surface area (Å²) in [6.07, 6.45) is 3.05. The number of rotatable bonds is 9. The molecule has 1 amide bonds. The molecule has 1 fully saturated rings. The molecule has 1 aliphatic rings. The van der Waals surface area contributed by atoms with E-state index < -0.39 is 5.60 Å². The first kappa shape index (κ1) is 24.2. The summed E-state index contributed by atoms with van der Waals surface area (Å²) in [6.45, 7) is 9.25. The maximum atomic E-state index is 11.5. The van der Waals surface area contributed by atoms with E-state index in [0.29, 0.717) is 13.2 Å². The number of hydrogen-bond acceptors (Lipinski definition) is 4. The van der Waals surface area contributed by atoms with Crippen LogP contribution in [0.25, 0.3) is 0 Å². The topological polar surface area (TPSA) is 75.2 Å². The SMILES string of the molecule is CN=C(NCCCNC(=O)OC(C)(C)C)N(C)CCOCC1CC1.I. The summed E-state index contributed by atoms with van der Waals surface area (Å²) in [6, 6.07) is 0. The van der Waals surface area contributed by atoms with Gasteiger partial charge < -0.3 is 25.0 Å². The Morgan fingerprint density at radius 2 is 1.88 bits per heavy atom. The number of guanidine groups is 1. The lowest BCUT2D eigenvalue weighted by Crippen LogP contribution is -2.41. The van der Waals surface area contributed by atoms with Crippen molar-refractivity contribution in [2.24, 2.45) is 10.9 Å². The molecule has 148 valence electrons. The number of likely N-dealkylation sites (N-methyl/N-ethyl adjacent to an activating group) is 1. The molecule has 0 radical (unpaired) electrons. The summed E-state index contributed by atoms with van der Waals surface area (Å²) < 4.78 is 10.8. The molecule has 1 saturated carbocycles. The van der Waals surface area contributed by atoms with Gasteiger partial charge in [0.1, 0.15) is 5.60 Å². The van der Waals surface area contributed by atoms with Crippen LogP contribution < -0.4 is 10.6 Å². The van der Waals surface area contributed by atoms with Crippen LogP contribution in [-0.4, -0.2) is 69.5 Å². The zero-order chi connectivity index (χ0) is 18.0. The minimum atomic E-state index is -0.464. The quantitative estimate of drug-likeness (QED) is 0.234. The largest absolute Gasteiger partial charge is 0.444 e. The van der Waals surface area contributed by atoms with Crippen molar-refractivity contribution < 1.29 is 14.3 Å². The molecule has 0 bridgehead atoms. The summed E-state index contributed by atoms with van der Waals surface area (Å²) >= 11 is 0. The molecule has 0 aromatic rings. The molecule has 0 saturated heterocycles. The van der Waals surface area contributed by atoms with E-state index in [2.05, 4.69) is 15.6 Å². The minimum Gasteiger partial charge on any atom is -0.444 e. The average Bonchev–Trinajstić information content (AvgIpc) is 3.29. The van der Waals surface area contributed by atoms with Gasteiger partial charge in [-0.25, -0.2) is 4.79 Å². The fourth-order valence-corrected chi connectivity index (χ4v) is 2.02. The van der Waals surface area contributed by atoms with Crippen molar-refractivity contribution in [2.75, 3.05) is 46.9 Å². The number of hydrogen-bond donors (Lipinski definition) is 2. The summed E-state index contributed by atoms with van der Waals surface area (Å²) in [5, 5.41) is 6.03. The second-order valence-electron chi connectivity index (χ2n) is 7.20. The van der Waals surface area contributed by atoms with Crippen LogP contribution in [0.1, 0.15) is 40.0 Å². The first-order chi connectivity index (χ1) is 11.3.